The highest BCUT2D eigenvalue weighted by Gasteiger charge is 2.45. The molecule has 0 aromatic carbocycles. The van der Waals surface area contributed by atoms with Gasteiger partial charge < -0.3 is 19.4 Å². The summed E-state index contributed by atoms with van der Waals surface area (Å²) in [6.45, 7) is 4.59. The van der Waals surface area contributed by atoms with Gasteiger partial charge in [-0.3, -0.25) is 0 Å². The van der Waals surface area contributed by atoms with E-state index in [2.05, 4.69) is 21.8 Å². The van der Waals surface area contributed by atoms with E-state index in [0.29, 0.717) is 12.1 Å². The highest BCUT2D eigenvalue weighted by atomic mass is 16.7. The standard InChI is InChI=1S/C13H21N3O2/c1-2-15-11-3-4-13(17-7-8-18-13)9-12(11)16-6-5-14-10-16/h5-6,10-12,15H,2-4,7-9H2,1H3. The predicted octanol–water partition coefficient (Wildman–Crippen LogP) is 1.33. The second-order valence-corrected chi connectivity index (χ2v) is 5.09. The first-order chi connectivity index (χ1) is 8.83. The van der Waals surface area contributed by atoms with Crippen molar-refractivity contribution in [3.05, 3.63) is 18.7 Å². The Morgan fingerprint density at radius 2 is 2.28 bits per heavy atom. The summed E-state index contributed by atoms with van der Waals surface area (Å²) < 4.78 is 13.9. The number of hydrogen-bond acceptors (Lipinski definition) is 4. The number of nitrogens with zero attached hydrogens (tertiary/aromatic N) is 2. The number of aromatic nitrogens is 2. The smallest absolute Gasteiger partial charge is 0.170 e. The molecule has 2 unspecified atom stereocenters. The first-order valence-corrected chi connectivity index (χ1v) is 6.82. The molecule has 3 rings (SSSR count). The zero-order valence-corrected chi connectivity index (χ0v) is 10.8. The van der Waals surface area contributed by atoms with Crippen LogP contribution in [-0.2, 0) is 9.47 Å². The Morgan fingerprint density at radius 1 is 1.44 bits per heavy atom. The molecule has 1 aromatic heterocycles. The summed E-state index contributed by atoms with van der Waals surface area (Å²) in [4.78, 5) is 4.16. The SMILES string of the molecule is CCNC1CCC2(CC1n1ccnc1)OCCO2. The van der Waals surface area contributed by atoms with Crippen LogP contribution in [0, 0.1) is 0 Å². The highest BCUT2D eigenvalue weighted by Crippen LogP contribution is 2.40. The molecule has 2 fully saturated rings. The average molecular weight is 251 g/mol. The molecule has 1 aliphatic heterocycles. The molecule has 1 aliphatic carbocycles. The molecule has 5 heteroatoms. The monoisotopic (exact) mass is 251 g/mol. The fraction of sp³-hybridized carbons (Fsp3) is 0.769. The number of likely N-dealkylation sites (N-methyl/N-ethyl adjacent to an activating group) is 1. The normalized spacial score (nSPS) is 30.9. The predicted molar refractivity (Wildman–Crippen MR) is 67.2 cm³/mol. The van der Waals surface area contributed by atoms with Gasteiger partial charge in [0.25, 0.3) is 0 Å². The Bertz CT molecular complexity index is 374. The van der Waals surface area contributed by atoms with E-state index in [0.717, 1.165) is 39.0 Å². The summed E-state index contributed by atoms with van der Waals surface area (Å²) in [5.74, 6) is -0.346. The topological polar surface area (TPSA) is 48.3 Å². The number of ether oxygens (including phenoxy) is 2. The van der Waals surface area contributed by atoms with Crippen LogP contribution in [0.25, 0.3) is 0 Å². The third-order valence-corrected chi connectivity index (χ3v) is 4.01. The van der Waals surface area contributed by atoms with Gasteiger partial charge in [-0.05, 0) is 13.0 Å². The van der Waals surface area contributed by atoms with Crippen LogP contribution >= 0.6 is 0 Å². The third kappa shape index (κ3) is 2.18. The van der Waals surface area contributed by atoms with Crippen molar-refractivity contribution in [2.75, 3.05) is 19.8 Å². The van der Waals surface area contributed by atoms with Crippen molar-refractivity contribution in [3.63, 3.8) is 0 Å². The summed E-state index contributed by atoms with van der Waals surface area (Å²) in [5, 5.41) is 3.57. The molecule has 2 aliphatic rings. The van der Waals surface area contributed by atoms with Crippen LogP contribution in [0.2, 0.25) is 0 Å². The summed E-state index contributed by atoms with van der Waals surface area (Å²) in [6.07, 6.45) is 8.72. The lowest BCUT2D eigenvalue weighted by molar-refractivity contribution is -0.188. The molecule has 1 saturated carbocycles. The Balaban J connectivity index is 1.79. The van der Waals surface area contributed by atoms with E-state index in [9.17, 15) is 0 Å². The second-order valence-electron chi connectivity index (χ2n) is 5.09. The maximum atomic E-state index is 5.85. The highest BCUT2D eigenvalue weighted by molar-refractivity contribution is 4.96. The lowest BCUT2D eigenvalue weighted by atomic mass is 9.85. The minimum Gasteiger partial charge on any atom is -0.347 e. The van der Waals surface area contributed by atoms with E-state index in [4.69, 9.17) is 9.47 Å². The third-order valence-electron chi connectivity index (χ3n) is 4.01. The van der Waals surface area contributed by atoms with E-state index in [-0.39, 0.29) is 5.79 Å². The number of rotatable bonds is 3. The maximum Gasteiger partial charge on any atom is 0.170 e. The molecule has 2 atom stereocenters. The Kier molecular flexibility index (Phi) is 3.37. The Hall–Kier alpha value is -0.910. The Labute approximate surface area is 107 Å². The molecule has 2 heterocycles. The van der Waals surface area contributed by atoms with E-state index >= 15 is 0 Å². The average Bonchev–Trinajstić information content (AvgIpc) is 3.04. The molecule has 0 bridgehead atoms. The molecular formula is C13H21N3O2. The van der Waals surface area contributed by atoms with Gasteiger partial charge in [0.1, 0.15) is 0 Å². The van der Waals surface area contributed by atoms with Crippen LogP contribution in [0.1, 0.15) is 32.2 Å². The van der Waals surface area contributed by atoms with Gasteiger partial charge in [-0.2, -0.15) is 0 Å². The summed E-state index contributed by atoms with van der Waals surface area (Å²) in [7, 11) is 0. The molecule has 0 radical (unpaired) electrons. The van der Waals surface area contributed by atoms with Gasteiger partial charge in [-0.15, -0.1) is 0 Å². The molecule has 100 valence electrons. The van der Waals surface area contributed by atoms with Gasteiger partial charge in [0.05, 0.1) is 25.6 Å². The Morgan fingerprint density at radius 3 is 2.94 bits per heavy atom. The number of hydrogen-bond donors (Lipinski definition) is 1. The van der Waals surface area contributed by atoms with Crippen molar-refractivity contribution in [2.45, 2.75) is 44.1 Å². The minimum absolute atomic E-state index is 0.346. The van der Waals surface area contributed by atoms with Crippen molar-refractivity contribution < 1.29 is 9.47 Å². The summed E-state index contributed by atoms with van der Waals surface area (Å²) in [6, 6.07) is 0.835. The van der Waals surface area contributed by atoms with Crippen LogP contribution in [0.3, 0.4) is 0 Å². The second kappa shape index (κ2) is 4.99. The van der Waals surface area contributed by atoms with Crippen molar-refractivity contribution >= 4 is 0 Å². The molecule has 0 amide bonds. The largest absolute Gasteiger partial charge is 0.347 e. The molecule has 1 saturated heterocycles. The van der Waals surface area contributed by atoms with Gasteiger partial charge in [-0.25, -0.2) is 4.98 Å². The van der Waals surface area contributed by atoms with Gasteiger partial charge >= 0.3 is 0 Å². The first kappa shape index (κ1) is 12.1. The first-order valence-electron chi connectivity index (χ1n) is 6.82. The molecule has 1 spiro atoms. The number of imidazole rings is 1. The van der Waals surface area contributed by atoms with Crippen LogP contribution in [-0.4, -0.2) is 41.1 Å². The van der Waals surface area contributed by atoms with Gasteiger partial charge in [-0.1, -0.05) is 6.92 Å². The van der Waals surface area contributed by atoms with Crippen molar-refractivity contribution in [1.82, 2.24) is 14.9 Å². The van der Waals surface area contributed by atoms with E-state index in [1.807, 2.05) is 18.7 Å². The lowest BCUT2D eigenvalue weighted by Crippen LogP contribution is -2.48. The lowest BCUT2D eigenvalue weighted by Gasteiger charge is -2.41. The summed E-state index contributed by atoms with van der Waals surface area (Å²) in [5.41, 5.74) is 0. The van der Waals surface area contributed by atoms with Crippen molar-refractivity contribution in [2.24, 2.45) is 0 Å². The van der Waals surface area contributed by atoms with Gasteiger partial charge in [0.15, 0.2) is 5.79 Å². The zero-order chi connectivity index (χ0) is 12.4. The quantitative estimate of drug-likeness (QED) is 0.880. The molecule has 1 N–H and O–H groups in total. The van der Waals surface area contributed by atoms with Crippen LogP contribution in [0.15, 0.2) is 18.7 Å². The van der Waals surface area contributed by atoms with Crippen LogP contribution < -0.4 is 5.32 Å². The van der Waals surface area contributed by atoms with E-state index < -0.39 is 0 Å². The van der Waals surface area contributed by atoms with Gasteiger partial charge in [0, 0.05) is 31.3 Å². The van der Waals surface area contributed by atoms with Crippen molar-refractivity contribution in [1.29, 1.82) is 0 Å². The maximum absolute atomic E-state index is 5.85. The van der Waals surface area contributed by atoms with E-state index in [1.165, 1.54) is 0 Å². The fourth-order valence-corrected chi connectivity index (χ4v) is 3.17. The van der Waals surface area contributed by atoms with Crippen LogP contribution in [0.5, 0.6) is 0 Å². The van der Waals surface area contributed by atoms with E-state index in [1.54, 1.807) is 0 Å². The fourth-order valence-electron chi connectivity index (χ4n) is 3.17. The molecule has 5 nitrogen and oxygen atoms in total. The zero-order valence-electron chi connectivity index (χ0n) is 10.8. The molecular weight excluding hydrogens is 230 g/mol. The molecule has 18 heavy (non-hydrogen) atoms. The minimum atomic E-state index is -0.346. The number of nitrogens with one attached hydrogen (secondary N) is 1. The van der Waals surface area contributed by atoms with Crippen molar-refractivity contribution in [3.8, 4) is 0 Å². The van der Waals surface area contributed by atoms with Crippen LogP contribution in [0.4, 0.5) is 0 Å². The molecule has 1 aromatic rings. The van der Waals surface area contributed by atoms with Gasteiger partial charge in [0.2, 0.25) is 0 Å². The summed E-state index contributed by atoms with van der Waals surface area (Å²) >= 11 is 0.